The Morgan fingerprint density at radius 2 is 1.82 bits per heavy atom. The maximum atomic E-state index is 5.86. The fourth-order valence-corrected chi connectivity index (χ4v) is 2.95. The highest BCUT2D eigenvalue weighted by atomic mass is 16.5. The Labute approximate surface area is 163 Å². The fraction of sp³-hybridized carbons (Fsp3) is 0.238. The summed E-state index contributed by atoms with van der Waals surface area (Å²) < 4.78 is 7.90. The summed E-state index contributed by atoms with van der Waals surface area (Å²) in [6, 6.07) is 16.0. The molecule has 7 heteroatoms. The van der Waals surface area contributed by atoms with Crippen LogP contribution in [0.4, 0.5) is 0 Å². The van der Waals surface area contributed by atoms with E-state index in [1.165, 1.54) is 6.33 Å². The van der Waals surface area contributed by atoms with Gasteiger partial charge in [0.25, 0.3) is 0 Å². The molecule has 1 aromatic carbocycles. The van der Waals surface area contributed by atoms with Crippen LogP contribution in [0.1, 0.15) is 17.7 Å². The van der Waals surface area contributed by atoms with E-state index >= 15 is 0 Å². The Morgan fingerprint density at radius 1 is 0.929 bits per heavy atom. The number of hydrogen-bond acceptors (Lipinski definition) is 6. The zero-order chi connectivity index (χ0) is 19.0. The van der Waals surface area contributed by atoms with E-state index in [0.717, 1.165) is 43.0 Å². The van der Waals surface area contributed by atoms with Crippen LogP contribution in [0.2, 0.25) is 0 Å². The van der Waals surface area contributed by atoms with Crippen LogP contribution in [-0.4, -0.2) is 31.0 Å². The molecule has 3 heterocycles. The number of nitrogens with one attached hydrogen (secondary N) is 1. The second-order valence-corrected chi connectivity index (χ2v) is 6.41. The Balaban J connectivity index is 1.32. The summed E-state index contributed by atoms with van der Waals surface area (Å²) in [5, 5.41) is 3.41. The van der Waals surface area contributed by atoms with E-state index in [9.17, 15) is 0 Å². The van der Waals surface area contributed by atoms with Crippen LogP contribution in [-0.2, 0) is 19.7 Å². The molecule has 0 saturated heterocycles. The molecule has 0 fully saturated rings. The minimum absolute atomic E-state index is 0.456. The normalized spacial score (nSPS) is 11.0. The van der Waals surface area contributed by atoms with Crippen LogP contribution in [0.25, 0.3) is 11.2 Å². The summed E-state index contributed by atoms with van der Waals surface area (Å²) in [5.41, 5.74) is 3.62. The van der Waals surface area contributed by atoms with E-state index in [1.807, 2.05) is 59.3 Å². The summed E-state index contributed by atoms with van der Waals surface area (Å²) in [7, 11) is 0. The molecule has 142 valence electrons. The molecule has 0 unspecified atom stereocenters. The van der Waals surface area contributed by atoms with Gasteiger partial charge in [-0.25, -0.2) is 9.97 Å². The molecule has 1 N–H and O–H groups in total. The SMILES string of the molecule is c1ccc(COc2ncnc3c2ncn3CCCNCc2ccccn2)cc1. The molecule has 4 rings (SSSR count). The molecular weight excluding hydrogens is 352 g/mol. The van der Waals surface area contributed by atoms with Crippen molar-refractivity contribution in [1.82, 2.24) is 29.8 Å². The lowest BCUT2D eigenvalue weighted by Gasteiger charge is -2.07. The smallest absolute Gasteiger partial charge is 0.245 e. The largest absolute Gasteiger partial charge is 0.471 e. The minimum Gasteiger partial charge on any atom is -0.471 e. The van der Waals surface area contributed by atoms with Crippen LogP contribution in [0.3, 0.4) is 0 Å². The number of aromatic nitrogens is 5. The average Bonchev–Trinajstić information content (AvgIpc) is 3.17. The first-order chi connectivity index (χ1) is 13.9. The maximum Gasteiger partial charge on any atom is 0.245 e. The van der Waals surface area contributed by atoms with Gasteiger partial charge in [0.2, 0.25) is 5.88 Å². The lowest BCUT2D eigenvalue weighted by atomic mass is 10.2. The summed E-state index contributed by atoms with van der Waals surface area (Å²) in [6.45, 7) is 2.93. The van der Waals surface area contributed by atoms with Crippen molar-refractivity contribution in [2.24, 2.45) is 0 Å². The van der Waals surface area contributed by atoms with Crippen molar-refractivity contribution >= 4 is 11.2 Å². The lowest BCUT2D eigenvalue weighted by molar-refractivity contribution is 0.297. The molecule has 28 heavy (non-hydrogen) atoms. The number of nitrogens with zero attached hydrogens (tertiary/aromatic N) is 5. The third-order valence-electron chi connectivity index (χ3n) is 4.37. The molecule has 0 saturated carbocycles. The maximum absolute atomic E-state index is 5.86. The first kappa shape index (κ1) is 18.1. The van der Waals surface area contributed by atoms with Crippen molar-refractivity contribution < 1.29 is 4.74 Å². The Kier molecular flexibility index (Phi) is 5.84. The number of aryl methyl sites for hydroxylation is 1. The highest BCUT2D eigenvalue weighted by Crippen LogP contribution is 2.20. The van der Waals surface area contributed by atoms with Gasteiger partial charge >= 0.3 is 0 Å². The molecule has 7 nitrogen and oxygen atoms in total. The number of imidazole rings is 1. The van der Waals surface area contributed by atoms with Gasteiger partial charge in [0.1, 0.15) is 12.9 Å². The molecule has 0 radical (unpaired) electrons. The van der Waals surface area contributed by atoms with Gasteiger partial charge in [-0.05, 0) is 30.7 Å². The molecule has 4 aromatic rings. The molecule has 0 bridgehead atoms. The Morgan fingerprint density at radius 3 is 2.68 bits per heavy atom. The highest BCUT2D eigenvalue weighted by molar-refractivity contribution is 5.75. The zero-order valence-corrected chi connectivity index (χ0v) is 15.5. The number of ether oxygens (including phenoxy) is 1. The van der Waals surface area contributed by atoms with Crippen LogP contribution in [0.15, 0.2) is 67.4 Å². The van der Waals surface area contributed by atoms with E-state index in [4.69, 9.17) is 4.74 Å². The van der Waals surface area contributed by atoms with Crippen LogP contribution in [0, 0.1) is 0 Å². The summed E-state index contributed by atoms with van der Waals surface area (Å²) >= 11 is 0. The number of benzene rings is 1. The quantitative estimate of drug-likeness (QED) is 0.454. The first-order valence-electron chi connectivity index (χ1n) is 9.33. The minimum atomic E-state index is 0.456. The van der Waals surface area contributed by atoms with Gasteiger partial charge in [-0.15, -0.1) is 0 Å². The summed E-state index contributed by atoms with van der Waals surface area (Å²) in [6.07, 6.45) is 6.10. The number of fused-ring (bicyclic) bond motifs is 1. The van der Waals surface area contributed by atoms with Gasteiger partial charge in [0.15, 0.2) is 11.2 Å². The van der Waals surface area contributed by atoms with E-state index in [-0.39, 0.29) is 0 Å². The van der Waals surface area contributed by atoms with Crippen LogP contribution in [0.5, 0.6) is 5.88 Å². The summed E-state index contributed by atoms with van der Waals surface area (Å²) in [5.74, 6) is 0.515. The molecule has 0 amide bonds. The van der Waals surface area contributed by atoms with Gasteiger partial charge in [-0.1, -0.05) is 36.4 Å². The monoisotopic (exact) mass is 374 g/mol. The second kappa shape index (κ2) is 9.05. The summed E-state index contributed by atoms with van der Waals surface area (Å²) in [4.78, 5) is 17.4. The van der Waals surface area contributed by atoms with Gasteiger partial charge < -0.3 is 14.6 Å². The van der Waals surface area contributed by atoms with Crippen molar-refractivity contribution in [2.45, 2.75) is 26.1 Å². The van der Waals surface area contributed by atoms with E-state index in [1.54, 1.807) is 6.33 Å². The van der Waals surface area contributed by atoms with Crippen molar-refractivity contribution in [3.8, 4) is 5.88 Å². The van der Waals surface area contributed by atoms with Crippen LogP contribution >= 0.6 is 0 Å². The van der Waals surface area contributed by atoms with Gasteiger partial charge in [-0.2, -0.15) is 4.98 Å². The standard InChI is InChI=1S/C21H22N6O/c1-2-7-17(8-3-1)14-28-21-19-20(24-15-25-21)27(16-26-19)12-6-10-22-13-18-9-4-5-11-23-18/h1-5,7-9,11,15-16,22H,6,10,12-14H2. The van der Waals surface area contributed by atoms with E-state index in [2.05, 4.69) is 25.3 Å². The predicted molar refractivity (Wildman–Crippen MR) is 107 cm³/mol. The number of rotatable bonds is 9. The highest BCUT2D eigenvalue weighted by Gasteiger charge is 2.11. The zero-order valence-electron chi connectivity index (χ0n) is 15.5. The molecule has 0 atom stereocenters. The van der Waals surface area contributed by atoms with Crippen molar-refractivity contribution in [3.05, 3.63) is 78.6 Å². The molecule has 0 aliphatic rings. The Bertz CT molecular complexity index is 1000. The van der Waals surface area contributed by atoms with Crippen molar-refractivity contribution in [2.75, 3.05) is 6.54 Å². The average molecular weight is 374 g/mol. The first-order valence-corrected chi connectivity index (χ1v) is 9.33. The van der Waals surface area contributed by atoms with E-state index in [0.29, 0.717) is 18.0 Å². The molecular formula is C21H22N6O. The second-order valence-electron chi connectivity index (χ2n) is 6.41. The van der Waals surface area contributed by atoms with Gasteiger partial charge in [-0.3, -0.25) is 4.98 Å². The Hall–Kier alpha value is -3.32. The van der Waals surface area contributed by atoms with Gasteiger partial charge in [0.05, 0.1) is 12.0 Å². The molecule has 3 aromatic heterocycles. The number of pyridine rings is 1. The molecule has 0 spiro atoms. The fourth-order valence-electron chi connectivity index (χ4n) is 2.95. The lowest BCUT2D eigenvalue weighted by Crippen LogP contribution is -2.17. The molecule has 0 aliphatic carbocycles. The topological polar surface area (TPSA) is 77.8 Å². The van der Waals surface area contributed by atoms with Gasteiger partial charge in [0, 0.05) is 19.3 Å². The number of hydrogen-bond donors (Lipinski definition) is 1. The van der Waals surface area contributed by atoms with Crippen molar-refractivity contribution in [3.63, 3.8) is 0 Å². The third kappa shape index (κ3) is 4.50. The molecule has 0 aliphatic heterocycles. The van der Waals surface area contributed by atoms with E-state index < -0.39 is 0 Å². The van der Waals surface area contributed by atoms with Crippen molar-refractivity contribution in [1.29, 1.82) is 0 Å². The van der Waals surface area contributed by atoms with Crippen LogP contribution < -0.4 is 10.1 Å². The predicted octanol–water partition coefficient (Wildman–Crippen LogP) is 2.98. The third-order valence-corrected chi connectivity index (χ3v) is 4.37.